The largest absolute Gasteiger partial charge is 0.462 e. The van der Waals surface area contributed by atoms with E-state index >= 15 is 0 Å². The summed E-state index contributed by atoms with van der Waals surface area (Å²) in [5.41, 5.74) is 7.39. The van der Waals surface area contributed by atoms with Crippen LogP contribution in [0.2, 0.25) is 0 Å². The Morgan fingerprint density at radius 2 is 1.69 bits per heavy atom. The number of aliphatic hydroxyl groups is 1. The molecule has 336 valence electrons. The van der Waals surface area contributed by atoms with Gasteiger partial charge in [-0.2, -0.15) is 0 Å². The third-order valence-electron chi connectivity index (χ3n) is 11.4. The van der Waals surface area contributed by atoms with Crippen LogP contribution >= 0.6 is 0 Å². The lowest BCUT2D eigenvalue weighted by molar-refractivity contribution is -0.156. The van der Waals surface area contributed by atoms with E-state index in [1.807, 2.05) is 26.8 Å². The molecule has 3 aromatic heterocycles. The van der Waals surface area contributed by atoms with Gasteiger partial charge in [0.25, 0.3) is 0 Å². The van der Waals surface area contributed by atoms with Crippen LogP contribution in [0.4, 0.5) is 0 Å². The number of ether oxygens (including phenoxy) is 4. The van der Waals surface area contributed by atoms with Crippen molar-refractivity contribution in [1.82, 2.24) is 19.9 Å². The van der Waals surface area contributed by atoms with Gasteiger partial charge >= 0.3 is 5.97 Å². The number of Topliss-reactive ketones (excluding diaryl/α,β-unsaturated/α-hetero) is 2. The van der Waals surface area contributed by atoms with Crippen LogP contribution in [0.3, 0.4) is 0 Å². The van der Waals surface area contributed by atoms with Crippen LogP contribution in [0.15, 0.2) is 50.4 Å². The number of carbonyl (C=O) groups excluding carboxylic acids is 4. The number of esters is 1. The normalized spacial score (nSPS) is 24.3. The Bertz CT molecular complexity index is 1900. The van der Waals surface area contributed by atoms with Gasteiger partial charge in [0.2, 0.25) is 24.1 Å². The van der Waals surface area contributed by atoms with E-state index in [1.54, 1.807) is 46.5 Å². The van der Waals surface area contributed by atoms with Gasteiger partial charge in [-0.05, 0) is 50.0 Å². The van der Waals surface area contributed by atoms with Crippen LogP contribution in [0.25, 0.3) is 29.2 Å². The molecule has 0 fully saturated rings. The monoisotopic (exact) mass is 853 g/mol. The molecule has 0 spiro atoms. The summed E-state index contributed by atoms with van der Waals surface area (Å²) in [5.74, 6) is -1.36. The molecule has 0 unspecified atom stereocenters. The van der Waals surface area contributed by atoms with Crippen molar-refractivity contribution in [2.45, 2.75) is 122 Å². The molecule has 1 amide bonds. The van der Waals surface area contributed by atoms with E-state index in [4.69, 9.17) is 37.9 Å². The van der Waals surface area contributed by atoms with Gasteiger partial charge in [-0.3, -0.25) is 19.2 Å². The second kappa shape index (κ2) is 24.0. The first-order chi connectivity index (χ1) is 29.2. The predicted octanol–water partition coefficient (Wildman–Crippen LogP) is 6.12. The Balaban J connectivity index is 1.49. The minimum absolute atomic E-state index is 0.0125. The number of methoxy groups -OCH3 is 3. The molecule has 0 radical (unpaired) electrons. The highest BCUT2D eigenvalue weighted by Crippen LogP contribution is 2.32. The number of oxazole rings is 3. The van der Waals surface area contributed by atoms with Gasteiger partial charge in [0.1, 0.15) is 48.3 Å². The highest BCUT2D eigenvalue weighted by Gasteiger charge is 2.33. The van der Waals surface area contributed by atoms with Crippen molar-refractivity contribution in [3.63, 3.8) is 0 Å². The number of amides is 1. The third-order valence-corrected chi connectivity index (χ3v) is 11.4. The maximum Gasteiger partial charge on any atom is 0.308 e. The number of cyclic esters (lactones) is 1. The van der Waals surface area contributed by atoms with Crippen LogP contribution in [0.1, 0.15) is 103 Å². The molecule has 0 saturated carbocycles. The summed E-state index contributed by atoms with van der Waals surface area (Å²) in [7, 11) is 6.25. The van der Waals surface area contributed by atoms with E-state index < -0.39 is 36.2 Å². The fraction of sp³-hybridized carbons (Fsp3) is 0.614. The predicted molar refractivity (Wildman–Crippen MR) is 223 cm³/mol. The second-order valence-corrected chi connectivity index (χ2v) is 16.1. The summed E-state index contributed by atoms with van der Waals surface area (Å²) >= 11 is 0. The Morgan fingerprint density at radius 1 is 1.00 bits per heavy atom. The molecule has 0 aliphatic carbocycles. The summed E-state index contributed by atoms with van der Waals surface area (Å²) < 4.78 is 40.3. The molecule has 10 atom stereocenters. The first-order valence-corrected chi connectivity index (χ1v) is 20.8. The summed E-state index contributed by atoms with van der Waals surface area (Å²) in [4.78, 5) is 65.8. The van der Waals surface area contributed by atoms with Crippen LogP contribution in [0, 0.1) is 23.7 Å². The van der Waals surface area contributed by atoms with Crippen LogP contribution in [-0.2, 0) is 38.1 Å². The smallest absolute Gasteiger partial charge is 0.308 e. The number of nitrogens with zero attached hydrogens (tertiary/aromatic N) is 4. The fourth-order valence-electron chi connectivity index (χ4n) is 7.41. The summed E-state index contributed by atoms with van der Waals surface area (Å²) in [6.07, 6.45) is 11.2. The number of aliphatic hydroxyl groups excluding tert-OH is 1. The molecule has 6 bridgehead atoms. The number of nitrogens with two attached hydrogens (primary N) is 1. The SMILES string of the molecule is CO[C@@H](C[C@@H]1OC(=O)C[C@@H](O)C[C@H](N)CC(=O)[C@H](C)[C@H](OC)c2coc(n2)-c2coc(n2)-c2coc(n2)C=CCC[C@H]1C)[C@@H](C)CCC(=O)[C@H](C)[C@@H](C/C=C/N(C)C=O)OC. The zero-order valence-corrected chi connectivity index (χ0v) is 36.6. The Morgan fingerprint density at radius 3 is 2.39 bits per heavy atom. The maximum atomic E-state index is 13.4. The van der Waals surface area contributed by atoms with Crippen molar-refractivity contribution >= 4 is 30.0 Å². The molecular weight excluding hydrogens is 791 g/mol. The Kier molecular flexibility index (Phi) is 19.2. The van der Waals surface area contributed by atoms with E-state index in [9.17, 15) is 24.3 Å². The number of hydrogen-bond donors (Lipinski definition) is 2. The first kappa shape index (κ1) is 48.9. The molecule has 17 heteroatoms. The lowest BCUT2D eigenvalue weighted by Crippen LogP contribution is -2.36. The van der Waals surface area contributed by atoms with Crippen LogP contribution in [-0.4, -0.2) is 108 Å². The molecule has 17 nitrogen and oxygen atoms in total. The average molecular weight is 854 g/mol. The van der Waals surface area contributed by atoms with Gasteiger partial charge in [-0.15, -0.1) is 0 Å². The topological polar surface area (TPSA) is 233 Å². The minimum atomic E-state index is -1.16. The Labute approximate surface area is 357 Å². The standard InChI is InChI=1S/C44H63N5O12/c1-26-12-9-10-14-40-46-33(23-58-40)43-48-34(24-60-43)44-47-32(22-59-44)42(57-8)29(4)36(53)19-30(45)18-31(51)20-41(54)61-39(26)21-38(56-7)27(2)15-16-35(52)28(3)37(55-6)13-11-17-49(5)25-50/h10-11,14,17,22-31,37-39,42,51H,9,12-13,15-16,18-21,45H2,1-8H3/b14-10?,17-11+/t26-,27+,28+,29+,30+,31+,37-,38+,39+,42+/m1/s1. The van der Waals surface area contributed by atoms with Crippen molar-refractivity contribution in [3.8, 4) is 23.2 Å². The molecule has 1 aliphatic rings. The van der Waals surface area contributed by atoms with Gasteiger partial charge < -0.3 is 47.9 Å². The molecule has 3 N–H and O–H groups in total. The van der Waals surface area contributed by atoms with E-state index in [1.165, 1.54) is 30.8 Å². The van der Waals surface area contributed by atoms with Gasteiger partial charge in [-0.25, -0.2) is 15.0 Å². The zero-order valence-electron chi connectivity index (χ0n) is 36.6. The Hall–Kier alpha value is -4.81. The van der Waals surface area contributed by atoms with Crippen molar-refractivity contribution in [3.05, 3.63) is 48.7 Å². The highest BCUT2D eigenvalue weighted by molar-refractivity contribution is 5.82. The molecule has 61 heavy (non-hydrogen) atoms. The minimum Gasteiger partial charge on any atom is -0.462 e. The molecule has 4 heterocycles. The number of allylic oxidation sites excluding steroid dienone is 1. The zero-order chi connectivity index (χ0) is 44.6. The highest BCUT2D eigenvalue weighted by atomic mass is 16.5. The number of rotatable bonds is 15. The number of hydrogen-bond acceptors (Lipinski definition) is 16. The molecule has 0 aromatic carbocycles. The molecular formula is C44H63N5O12. The van der Waals surface area contributed by atoms with E-state index in [0.29, 0.717) is 67.9 Å². The fourth-order valence-corrected chi connectivity index (χ4v) is 7.41. The maximum absolute atomic E-state index is 13.4. The lowest BCUT2D eigenvalue weighted by atomic mass is 9.86. The van der Waals surface area contributed by atoms with Crippen molar-refractivity contribution < 1.29 is 56.5 Å². The number of aromatic nitrogens is 3. The van der Waals surface area contributed by atoms with Gasteiger partial charge in [-0.1, -0.05) is 39.8 Å². The van der Waals surface area contributed by atoms with Crippen molar-refractivity contribution in [2.24, 2.45) is 29.4 Å². The first-order valence-electron chi connectivity index (χ1n) is 20.8. The molecule has 4 rings (SSSR count). The van der Waals surface area contributed by atoms with Crippen molar-refractivity contribution in [1.29, 1.82) is 0 Å². The van der Waals surface area contributed by atoms with Crippen LogP contribution < -0.4 is 5.73 Å². The van der Waals surface area contributed by atoms with Crippen molar-refractivity contribution in [2.75, 3.05) is 28.4 Å². The number of ketones is 2. The molecule has 0 saturated heterocycles. The number of fused-ring (bicyclic) bond motifs is 8. The van der Waals surface area contributed by atoms with E-state index in [2.05, 4.69) is 15.0 Å². The average Bonchev–Trinajstić information content (AvgIpc) is 4.03. The lowest BCUT2D eigenvalue weighted by Gasteiger charge is -2.31. The van der Waals surface area contributed by atoms with Gasteiger partial charge in [0, 0.05) is 71.7 Å². The van der Waals surface area contributed by atoms with E-state index in [0.717, 1.165) is 0 Å². The summed E-state index contributed by atoms with van der Waals surface area (Å²) in [6, 6.07) is -0.742. The third kappa shape index (κ3) is 14.4. The summed E-state index contributed by atoms with van der Waals surface area (Å²) in [5, 5.41) is 10.9. The van der Waals surface area contributed by atoms with E-state index in [-0.39, 0.29) is 72.6 Å². The summed E-state index contributed by atoms with van der Waals surface area (Å²) in [6.45, 7) is 7.53. The quantitative estimate of drug-likeness (QED) is 0.129. The van der Waals surface area contributed by atoms with Gasteiger partial charge in [0.15, 0.2) is 11.4 Å². The van der Waals surface area contributed by atoms with Crippen LogP contribution in [0.5, 0.6) is 0 Å². The number of carbonyl (C=O) groups is 4. The second-order valence-electron chi connectivity index (χ2n) is 16.1. The molecule has 3 aromatic rings. The van der Waals surface area contributed by atoms with Gasteiger partial charge in [0.05, 0.1) is 24.7 Å². The molecule has 1 aliphatic heterocycles.